The van der Waals surface area contributed by atoms with Crippen molar-refractivity contribution in [3.8, 4) is 33.0 Å². The molecule has 1 aliphatic rings. The molecule has 30 heavy (non-hydrogen) atoms. The van der Waals surface area contributed by atoms with Crippen molar-refractivity contribution in [2.75, 3.05) is 0 Å². The van der Waals surface area contributed by atoms with Crippen molar-refractivity contribution in [3.05, 3.63) is 81.3 Å². The number of carbonyl (C=O) groups is 1. The maximum Gasteiger partial charge on any atom is 0.261 e. The molecule has 1 aliphatic heterocycles. The zero-order valence-electron chi connectivity index (χ0n) is 16.5. The van der Waals surface area contributed by atoms with Crippen LogP contribution in [0.1, 0.15) is 28.0 Å². The molecule has 0 bridgehead atoms. The Bertz CT molecular complexity index is 1320. The topological polar surface area (TPSA) is 64.8 Å². The molecule has 0 aliphatic carbocycles. The molecule has 1 aromatic carbocycles. The van der Waals surface area contributed by atoms with Crippen molar-refractivity contribution >= 4 is 17.6 Å². The van der Waals surface area contributed by atoms with E-state index in [0.29, 0.717) is 17.7 Å². The Morgan fingerprint density at radius 1 is 1.10 bits per heavy atom. The van der Waals surface area contributed by atoms with Crippen molar-refractivity contribution in [1.29, 1.82) is 0 Å². The van der Waals surface area contributed by atoms with Crippen molar-refractivity contribution in [1.82, 2.24) is 14.5 Å². The minimum Gasteiger partial charge on any atom is -0.307 e. The van der Waals surface area contributed by atoms with E-state index in [4.69, 9.17) is 0 Å². The molecule has 5 rings (SSSR count). The van der Waals surface area contributed by atoms with Crippen LogP contribution in [0.3, 0.4) is 0 Å². The monoisotopic (exact) mass is 413 g/mol. The minimum absolute atomic E-state index is 0.0238. The first kappa shape index (κ1) is 18.6. The van der Waals surface area contributed by atoms with Gasteiger partial charge >= 0.3 is 0 Å². The molecular weight excluding hydrogens is 394 g/mol. The van der Waals surface area contributed by atoms with Crippen molar-refractivity contribution < 1.29 is 4.79 Å². The molecule has 0 saturated heterocycles. The van der Waals surface area contributed by atoms with E-state index in [0.717, 1.165) is 52.2 Å². The summed E-state index contributed by atoms with van der Waals surface area (Å²) in [6.07, 6.45) is 6.27. The number of aromatic nitrogens is 3. The van der Waals surface area contributed by atoms with Crippen LogP contribution in [-0.2, 0) is 13.0 Å². The van der Waals surface area contributed by atoms with Gasteiger partial charge in [-0.15, -0.1) is 11.3 Å². The Balaban J connectivity index is 1.86. The predicted molar refractivity (Wildman–Crippen MR) is 119 cm³/mol. The summed E-state index contributed by atoms with van der Waals surface area (Å²) in [5.41, 5.74) is 7.08. The van der Waals surface area contributed by atoms with Crippen LogP contribution < -0.4 is 5.56 Å². The Kier molecular flexibility index (Phi) is 4.64. The van der Waals surface area contributed by atoms with Crippen LogP contribution >= 0.6 is 11.3 Å². The van der Waals surface area contributed by atoms with Gasteiger partial charge in [-0.1, -0.05) is 24.3 Å². The number of nitrogens with zero attached hydrogens (tertiary/aromatic N) is 3. The van der Waals surface area contributed by atoms with Gasteiger partial charge in [0.2, 0.25) is 0 Å². The fraction of sp³-hybridized carbons (Fsp3) is 0.167. The number of fused-ring (bicyclic) bond motifs is 3. The second-order valence-electron chi connectivity index (χ2n) is 7.45. The summed E-state index contributed by atoms with van der Waals surface area (Å²) in [7, 11) is 0. The zero-order chi connectivity index (χ0) is 20.7. The lowest BCUT2D eigenvalue weighted by atomic mass is 9.95. The Morgan fingerprint density at radius 3 is 2.67 bits per heavy atom. The van der Waals surface area contributed by atoms with Crippen molar-refractivity contribution in [3.63, 3.8) is 0 Å². The average Bonchev–Trinajstić information content (AvgIpc) is 3.11. The van der Waals surface area contributed by atoms with Crippen LogP contribution in [0.5, 0.6) is 0 Å². The van der Waals surface area contributed by atoms with Crippen molar-refractivity contribution in [2.24, 2.45) is 0 Å². The Labute approximate surface area is 177 Å². The number of thiazole rings is 1. The first-order chi connectivity index (χ1) is 14.7. The highest BCUT2D eigenvalue weighted by molar-refractivity contribution is 7.13. The third-order valence-corrected chi connectivity index (χ3v) is 6.48. The van der Waals surface area contributed by atoms with Gasteiger partial charge in [0.15, 0.2) is 0 Å². The van der Waals surface area contributed by atoms with E-state index in [-0.39, 0.29) is 5.56 Å². The number of hydrogen-bond acceptors (Lipinski definition) is 5. The summed E-state index contributed by atoms with van der Waals surface area (Å²) in [6.45, 7) is 2.57. The summed E-state index contributed by atoms with van der Waals surface area (Å²) in [5, 5.41) is 2.69. The van der Waals surface area contributed by atoms with Gasteiger partial charge in [0, 0.05) is 46.7 Å². The van der Waals surface area contributed by atoms with Crippen molar-refractivity contribution in [2.45, 2.75) is 26.3 Å². The van der Waals surface area contributed by atoms with E-state index in [2.05, 4.69) is 9.97 Å². The SMILES string of the molecule is Cc1csc(-c2cc(-c3ccc(C=O)cc3)c3n(c2=O)CCCc2ccncc2-3)n1. The summed E-state index contributed by atoms with van der Waals surface area (Å²) < 4.78 is 1.88. The standard InChI is InChI=1S/C24H19N3O2S/c1-15-14-30-23(26-15)20-11-19(18-6-4-16(13-28)5-7-18)22-21-12-25-9-8-17(21)3-2-10-27(22)24(20)29/h4-9,11-14H,2-3,10H2,1H3. The number of hydrogen-bond donors (Lipinski definition) is 0. The van der Waals surface area contributed by atoms with E-state index in [1.165, 1.54) is 16.9 Å². The van der Waals surface area contributed by atoms with Gasteiger partial charge in [-0.3, -0.25) is 14.6 Å². The molecule has 0 saturated carbocycles. The van der Waals surface area contributed by atoms with E-state index >= 15 is 0 Å². The molecule has 4 aromatic rings. The highest BCUT2D eigenvalue weighted by Gasteiger charge is 2.23. The fourth-order valence-corrected chi connectivity index (χ4v) is 4.85. The van der Waals surface area contributed by atoms with Gasteiger partial charge < -0.3 is 4.57 Å². The van der Waals surface area contributed by atoms with E-state index in [1.807, 2.05) is 47.3 Å². The molecule has 5 nitrogen and oxygen atoms in total. The molecule has 148 valence electrons. The molecule has 6 heteroatoms. The van der Waals surface area contributed by atoms with E-state index in [9.17, 15) is 9.59 Å². The number of rotatable bonds is 3. The summed E-state index contributed by atoms with van der Waals surface area (Å²) in [4.78, 5) is 33.6. The summed E-state index contributed by atoms with van der Waals surface area (Å²) in [6, 6.07) is 11.5. The summed E-state index contributed by atoms with van der Waals surface area (Å²) in [5.74, 6) is 0. The van der Waals surface area contributed by atoms with Crippen LogP contribution in [0, 0.1) is 6.92 Å². The number of aldehydes is 1. The molecule has 0 atom stereocenters. The molecule has 4 heterocycles. The molecule has 0 amide bonds. The first-order valence-corrected chi connectivity index (χ1v) is 10.7. The van der Waals surface area contributed by atoms with Crippen LogP contribution in [0.25, 0.3) is 33.0 Å². The van der Waals surface area contributed by atoms with Gasteiger partial charge in [-0.2, -0.15) is 0 Å². The molecule has 0 fully saturated rings. The smallest absolute Gasteiger partial charge is 0.261 e. The lowest BCUT2D eigenvalue weighted by molar-refractivity contribution is 0.112. The number of aryl methyl sites for hydroxylation is 2. The largest absolute Gasteiger partial charge is 0.307 e. The van der Waals surface area contributed by atoms with E-state index in [1.54, 1.807) is 18.3 Å². The molecular formula is C24H19N3O2S. The number of carbonyl (C=O) groups excluding carboxylic acids is 1. The second-order valence-corrected chi connectivity index (χ2v) is 8.31. The molecule has 0 N–H and O–H groups in total. The van der Waals surface area contributed by atoms with Gasteiger partial charge in [-0.25, -0.2) is 4.98 Å². The third kappa shape index (κ3) is 3.09. The zero-order valence-corrected chi connectivity index (χ0v) is 17.3. The van der Waals surface area contributed by atoms with E-state index < -0.39 is 0 Å². The molecule has 3 aromatic heterocycles. The van der Waals surface area contributed by atoms with Gasteiger partial charge in [0.1, 0.15) is 11.3 Å². The molecule has 0 unspecified atom stereocenters. The van der Waals surface area contributed by atoms with Gasteiger partial charge in [0.25, 0.3) is 5.56 Å². The molecule has 0 radical (unpaired) electrons. The van der Waals surface area contributed by atoms with Crippen LogP contribution in [0.15, 0.2) is 59.0 Å². The van der Waals surface area contributed by atoms with Crippen LogP contribution in [-0.4, -0.2) is 20.8 Å². The Hall–Kier alpha value is -3.38. The van der Waals surface area contributed by atoms with Crippen LogP contribution in [0.4, 0.5) is 0 Å². The second kappa shape index (κ2) is 7.46. The normalized spacial score (nSPS) is 12.7. The Morgan fingerprint density at radius 2 is 1.93 bits per heavy atom. The fourth-order valence-electron chi connectivity index (χ4n) is 4.04. The highest BCUT2D eigenvalue weighted by Crippen LogP contribution is 2.37. The first-order valence-electron chi connectivity index (χ1n) is 9.85. The predicted octanol–water partition coefficient (Wildman–Crippen LogP) is 4.77. The van der Waals surface area contributed by atoms with Gasteiger partial charge in [0.05, 0.1) is 11.3 Å². The minimum atomic E-state index is -0.0238. The lowest BCUT2D eigenvalue weighted by Gasteiger charge is -2.18. The quantitative estimate of drug-likeness (QED) is 0.454. The number of benzene rings is 1. The third-order valence-electron chi connectivity index (χ3n) is 5.49. The van der Waals surface area contributed by atoms with Gasteiger partial charge in [-0.05, 0) is 43.0 Å². The maximum absolute atomic E-state index is 13.5. The lowest BCUT2D eigenvalue weighted by Crippen LogP contribution is -2.23. The van der Waals surface area contributed by atoms with Crippen LogP contribution in [0.2, 0.25) is 0 Å². The molecule has 0 spiro atoms. The number of pyridine rings is 2. The summed E-state index contributed by atoms with van der Waals surface area (Å²) >= 11 is 1.49. The maximum atomic E-state index is 13.5. The average molecular weight is 414 g/mol. The highest BCUT2D eigenvalue weighted by atomic mass is 32.1.